The van der Waals surface area contributed by atoms with Crippen molar-refractivity contribution in [3.05, 3.63) is 0 Å². The number of aliphatic carboxylic acids is 3. The molecule has 0 aromatic rings. The number of carboxylic acid groups (broad SMARTS) is 3. The van der Waals surface area contributed by atoms with Gasteiger partial charge in [0.1, 0.15) is 11.8 Å². The van der Waals surface area contributed by atoms with E-state index in [2.05, 4.69) is 12.2 Å². The minimum Gasteiger partial charge on any atom is -0.481 e. The first kappa shape index (κ1) is 35.5. The summed E-state index contributed by atoms with van der Waals surface area (Å²) in [5.41, 5.74) is 0. The van der Waals surface area contributed by atoms with Crippen molar-refractivity contribution in [3.8, 4) is 0 Å². The van der Waals surface area contributed by atoms with Crippen molar-refractivity contribution in [1.29, 1.82) is 0 Å². The van der Waals surface area contributed by atoms with E-state index >= 15 is 0 Å². The zero-order valence-electron chi connectivity index (χ0n) is 23.4. The number of hydrogen-bond acceptors (Lipinski definition) is 5. The molecule has 0 radical (unpaired) electrons. The lowest BCUT2D eigenvalue weighted by atomic mass is 9.94. The van der Waals surface area contributed by atoms with Crippen molar-refractivity contribution in [2.24, 2.45) is 5.92 Å². The van der Waals surface area contributed by atoms with Crippen molar-refractivity contribution < 1.29 is 39.3 Å². The van der Waals surface area contributed by atoms with E-state index in [9.17, 15) is 29.1 Å². The van der Waals surface area contributed by atoms with E-state index in [4.69, 9.17) is 10.2 Å². The van der Waals surface area contributed by atoms with Gasteiger partial charge >= 0.3 is 17.9 Å². The highest BCUT2D eigenvalue weighted by molar-refractivity contribution is 5.86. The number of carboxylic acids is 3. The maximum atomic E-state index is 12.3. The summed E-state index contributed by atoms with van der Waals surface area (Å²) in [5, 5.41) is 29.4. The molecule has 0 saturated carbocycles. The highest BCUT2D eigenvalue weighted by Gasteiger charge is 2.24. The van der Waals surface area contributed by atoms with Crippen LogP contribution < -0.4 is 5.32 Å². The molecule has 0 fully saturated rings. The normalized spacial score (nSPS) is 12.6. The third-order valence-electron chi connectivity index (χ3n) is 6.88. The number of hydrogen-bond donors (Lipinski definition) is 4. The largest absolute Gasteiger partial charge is 0.481 e. The highest BCUT2D eigenvalue weighted by atomic mass is 16.4. The highest BCUT2D eigenvalue weighted by Crippen LogP contribution is 2.17. The zero-order valence-corrected chi connectivity index (χ0v) is 23.4. The summed E-state index contributed by atoms with van der Waals surface area (Å²) >= 11 is 0. The molecule has 9 heteroatoms. The molecule has 0 aromatic heterocycles. The maximum absolute atomic E-state index is 12.3. The lowest BCUT2D eigenvalue weighted by molar-refractivity contribution is -0.145. The van der Waals surface area contributed by atoms with Crippen LogP contribution in [-0.2, 0) is 24.0 Å². The van der Waals surface area contributed by atoms with Crippen molar-refractivity contribution >= 4 is 29.6 Å². The van der Waals surface area contributed by atoms with Gasteiger partial charge in [0.25, 0.3) is 0 Å². The average Bonchev–Trinajstić information content (AvgIpc) is 2.86. The van der Waals surface area contributed by atoms with Crippen LogP contribution in [0.5, 0.6) is 0 Å². The Morgan fingerprint density at radius 3 is 1.47 bits per heavy atom. The topological polar surface area (TPSA) is 158 Å². The van der Waals surface area contributed by atoms with Crippen LogP contribution in [0.15, 0.2) is 0 Å². The molecule has 0 spiro atoms. The molecule has 2 unspecified atom stereocenters. The van der Waals surface area contributed by atoms with Crippen LogP contribution in [0.25, 0.3) is 0 Å². The standard InChI is InChI=1S/C29H51NO8/c1-2-3-4-5-6-7-8-9-10-11-12-13-14-15-16-17-24(31)22-23(28(35)36)18-20-26(32)30-25(29(37)38)19-21-27(33)34/h23,25H,2-22H2,1H3,(H,30,32)(H,33,34)(H,35,36)(H,37,38). The first-order valence-corrected chi connectivity index (χ1v) is 14.7. The molecule has 0 aromatic carbocycles. The van der Waals surface area contributed by atoms with Crippen molar-refractivity contribution in [2.75, 3.05) is 0 Å². The summed E-state index contributed by atoms with van der Waals surface area (Å²) in [6.07, 6.45) is 17.6. The fourth-order valence-electron chi connectivity index (χ4n) is 4.48. The molecule has 0 bridgehead atoms. The molecule has 0 saturated heterocycles. The summed E-state index contributed by atoms with van der Waals surface area (Å²) in [5.74, 6) is -5.52. The Morgan fingerprint density at radius 2 is 1.05 bits per heavy atom. The summed E-state index contributed by atoms with van der Waals surface area (Å²) < 4.78 is 0. The first-order valence-electron chi connectivity index (χ1n) is 14.7. The minimum atomic E-state index is -1.35. The number of nitrogens with one attached hydrogen (secondary N) is 1. The van der Waals surface area contributed by atoms with Crippen LogP contribution in [0, 0.1) is 5.92 Å². The van der Waals surface area contributed by atoms with Crippen LogP contribution in [0.2, 0.25) is 0 Å². The van der Waals surface area contributed by atoms with Crippen molar-refractivity contribution in [3.63, 3.8) is 0 Å². The van der Waals surface area contributed by atoms with Crippen molar-refractivity contribution in [2.45, 2.75) is 148 Å². The second-order valence-electron chi connectivity index (χ2n) is 10.4. The molecule has 2 atom stereocenters. The average molecular weight is 542 g/mol. The van der Waals surface area contributed by atoms with Gasteiger partial charge in [-0.15, -0.1) is 0 Å². The van der Waals surface area contributed by atoms with Gasteiger partial charge in [-0.05, 0) is 19.3 Å². The molecule has 4 N–H and O–H groups in total. The fraction of sp³-hybridized carbons (Fsp3) is 0.828. The van der Waals surface area contributed by atoms with Gasteiger partial charge in [-0.3, -0.25) is 19.2 Å². The maximum Gasteiger partial charge on any atom is 0.326 e. The summed E-state index contributed by atoms with van der Waals surface area (Å²) in [7, 11) is 0. The lowest BCUT2D eigenvalue weighted by Crippen LogP contribution is -2.41. The molecule has 220 valence electrons. The smallest absolute Gasteiger partial charge is 0.326 e. The van der Waals surface area contributed by atoms with Gasteiger partial charge in [0.2, 0.25) is 5.91 Å². The number of ketones is 1. The van der Waals surface area contributed by atoms with Crippen LogP contribution in [0.3, 0.4) is 0 Å². The number of carbonyl (C=O) groups is 5. The molecule has 0 heterocycles. The summed E-state index contributed by atoms with van der Waals surface area (Å²) in [6.45, 7) is 2.24. The predicted molar refractivity (Wildman–Crippen MR) is 146 cm³/mol. The molecule has 38 heavy (non-hydrogen) atoms. The zero-order chi connectivity index (χ0) is 28.6. The van der Waals surface area contributed by atoms with E-state index in [-0.39, 0.29) is 31.5 Å². The number of carbonyl (C=O) groups excluding carboxylic acids is 2. The van der Waals surface area contributed by atoms with Crippen LogP contribution in [-0.4, -0.2) is 51.0 Å². The van der Waals surface area contributed by atoms with E-state index in [1.807, 2.05) is 0 Å². The lowest BCUT2D eigenvalue weighted by Gasteiger charge is -2.15. The Labute approximate surface area is 228 Å². The molecular weight excluding hydrogens is 490 g/mol. The molecule has 0 rings (SSSR count). The number of unbranched alkanes of at least 4 members (excludes halogenated alkanes) is 14. The summed E-state index contributed by atoms with van der Waals surface area (Å²) in [4.78, 5) is 57.6. The predicted octanol–water partition coefficient (Wildman–Crippen LogP) is 6.12. The Hall–Kier alpha value is -2.45. The second-order valence-corrected chi connectivity index (χ2v) is 10.4. The van der Waals surface area contributed by atoms with Crippen molar-refractivity contribution in [1.82, 2.24) is 5.32 Å². The Morgan fingerprint density at radius 1 is 0.579 bits per heavy atom. The van der Waals surface area contributed by atoms with E-state index in [0.717, 1.165) is 25.7 Å². The van der Waals surface area contributed by atoms with Crippen LogP contribution in [0.1, 0.15) is 142 Å². The van der Waals surface area contributed by atoms with Gasteiger partial charge in [-0.1, -0.05) is 96.8 Å². The van der Waals surface area contributed by atoms with Gasteiger partial charge in [0.15, 0.2) is 0 Å². The Kier molecular flexibility index (Phi) is 22.1. The SMILES string of the molecule is CCCCCCCCCCCCCCCCCC(=O)CC(CCC(=O)NC(CCC(=O)O)C(=O)O)C(=O)O. The summed E-state index contributed by atoms with van der Waals surface area (Å²) in [6, 6.07) is -1.35. The fourth-order valence-corrected chi connectivity index (χ4v) is 4.48. The number of Topliss-reactive ketones (excluding diaryl/α,β-unsaturated/α-hetero) is 1. The first-order chi connectivity index (χ1) is 18.2. The number of amides is 1. The van der Waals surface area contributed by atoms with Gasteiger partial charge in [0, 0.05) is 25.7 Å². The molecule has 0 aliphatic rings. The van der Waals surface area contributed by atoms with Gasteiger partial charge < -0.3 is 20.6 Å². The molecule has 1 amide bonds. The van der Waals surface area contributed by atoms with E-state index < -0.39 is 42.2 Å². The second kappa shape index (κ2) is 23.7. The third-order valence-corrected chi connectivity index (χ3v) is 6.88. The monoisotopic (exact) mass is 541 g/mol. The molecule has 9 nitrogen and oxygen atoms in total. The number of rotatable bonds is 27. The minimum absolute atomic E-state index is 0.0863. The van der Waals surface area contributed by atoms with Gasteiger partial charge in [0.05, 0.1) is 5.92 Å². The Bertz CT molecular complexity index is 694. The van der Waals surface area contributed by atoms with Crippen LogP contribution in [0.4, 0.5) is 0 Å². The van der Waals surface area contributed by atoms with Crippen LogP contribution >= 0.6 is 0 Å². The van der Waals surface area contributed by atoms with E-state index in [0.29, 0.717) is 6.42 Å². The molecule has 0 aliphatic heterocycles. The van der Waals surface area contributed by atoms with E-state index in [1.165, 1.54) is 70.6 Å². The Balaban J connectivity index is 3.93. The van der Waals surface area contributed by atoms with Gasteiger partial charge in [-0.2, -0.15) is 0 Å². The van der Waals surface area contributed by atoms with Gasteiger partial charge in [-0.25, -0.2) is 4.79 Å². The molecular formula is C29H51NO8. The van der Waals surface area contributed by atoms with E-state index in [1.54, 1.807) is 0 Å². The molecule has 0 aliphatic carbocycles. The quantitative estimate of drug-likeness (QED) is 0.0905. The third kappa shape index (κ3) is 21.6.